The van der Waals surface area contributed by atoms with Gasteiger partial charge in [-0.2, -0.15) is 0 Å². The zero-order chi connectivity index (χ0) is 12.3. The Kier molecular flexibility index (Phi) is 4.29. The fourth-order valence-electron chi connectivity index (χ4n) is 2.30. The Hall–Kier alpha value is -0.740. The second-order valence-electron chi connectivity index (χ2n) is 5.06. The van der Waals surface area contributed by atoms with Crippen LogP contribution in [0.1, 0.15) is 36.3 Å². The van der Waals surface area contributed by atoms with Crippen LogP contribution in [0.4, 0.5) is 0 Å². The van der Waals surface area contributed by atoms with Crippen molar-refractivity contribution in [2.45, 2.75) is 38.5 Å². The minimum atomic E-state index is 0.828. The van der Waals surface area contributed by atoms with Gasteiger partial charge in [0.25, 0.3) is 0 Å². The van der Waals surface area contributed by atoms with Gasteiger partial charge in [-0.1, -0.05) is 18.6 Å². The molecule has 0 aromatic carbocycles. The van der Waals surface area contributed by atoms with E-state index < -0.39 is 0 Å². The van der Waals surface area contributed by atoms with Crippen LogP contribution in [0.15, 0.2) is 0 Å². The van der Waals surface area contributed by atoms with Crippen molar-refractivity contribution < 1.29 is 0 Å². The fourth-order valence-corrected chi connectivity index (χ4v) is 2.63. The van der Waals surface area contributed by atoms with E-state index in [1.165, 1.54) is 30.5 Å². The number of H-pyrrole nitrogens is 1. The summed E-state index contributed by atoms with van der Waals surface area (Å²) >= 11 is 5.42. The van der Waals surface area contributed by atoms with Crippen molar-refractivity contribution in [1.82, 2.24) is 14.9 Å². The molecule has 1 aromatic heterocycles. The number of aromatic nitrogens is 2. The molecule has 94 valence electrons. The summed E-state index contributed by atoms with van der Waals surface area (Å²) in [7, 11) is 4.16. The highest BCUT2D eigenvalue weighted by Gasteiger charge is 2.12. The molecule has 1 aliphatic carbocycles. The number of likely N-dealkylation sites (N-methyl/N-ethyl adjacent to an activating group) is 1. The van der Waals surface area contributed by atoms with Gasteiger partial charge in [-0.3, -0.25) is 0 Å². The molecule has 0 aliphatic heterocycles. The summed E-state index contributed by atoms with van der Waals surface area (Å²) in [5.41, 5.74) is 2.64. The molecule has 1 N–H and O–H groups in total. The van der Waals surface area contributed by atoms with Gasteiger partial charge >= 0.3 is 0 Å². The molecule has 17 heavy (non-hydrogen) atoms. The lowest BCUT2D eigenvalue weighted by molar-refractivity contribution is 0.409. The third kappa shape index (κ3) is 3.36. The maximum absolute atomic E-state index is 5.42. The SMILES string of the molecule is CN(C)CCc1nc(=S)c2c([nH]1)CCCCC2. The summed E-state index contributed by atoms with van der Waals surface area (Å²) in [6.45, 7) is 1.01. The van der Waals surface area contributed by atoms with Crippen LogP contribution in [0, 0.1) is 4.64 Å². The van der Waals surface area contributed by atoms with Crippen LogP contribution in [-0.4, -0.2) is 35.5 Å². The number of aromatic amines is 1. The number of hydrogen-bond acceptors (Lipinski definition) is 3. The third-order valence-electron chi connectivity index (χ3n) is 3.30. The predicted octanol–water partition coefficient (Wildman–Crippen LogP) is 2.51. The van der Waals surface area contributed by atoms with Gasteiger partial charge in [0.15, 0.2) is 0 Å². The molecular weight excluding hydrogens is 230 g/mol. The van der Waals surface area contributed by atoms with Gasteiger partial charge in [0.2, 0.25) is 0 Å². The van der Waals surface area contributed by atoms with E-state index in [2.05, 4.69) is 29.0 Å². The van der Waals surface area contributed by atoms with Crippen molar-refractivity contribution in [2.75, 3.05) is 20.6 Å². The Labute approximate surface area is 108 Å². The number of rotatable bonds is 3. The van der Waals surface area contributed by atoms with Crippen molar-refractivity contribution in [3.63, 3.8) is 0 Å². The van der Waals surface area contributed by atoms with E-state index in [0.29, 0.717) is 0 Å². The molecule has 0 radical (unpaired) electrons. The summed E-state index contributed by atoms with van der Waals surface area (Å²) in [6.07, 6.45) is 7.02. The Morgan fingerprint density at radius 1 is 1.24 bits per heavy atom. The Balaban J connectivity index is 2.23. The normalized spacial score (nSPS) is 15.7. The molecule has 0 spiro atoms. The van der Waals surface area contributed by atoms with Crippen molar-refractivity contribution in [2.24, 2.45) is 0 Å². The van der Waals surface area contributed by atoms with Gasteiger partial charge in [0.1, 0.15) is 10.5 Å². The van der Waals surface area contributed by atoms with E-state index in [4.69, 9.17) is 12.2 Å². The monoisotopic (exact) mass is 251 g/mol. The Morgan fingerprint density at radius 2 is 2.00 bits per heavy atom. The second-order valence-corrected chi connectivity index (χ2v) is 5.45. The number of nitrogens with one attached hydrogen (secondary N) is 1. The number of fused-ring (bicyclic) bond motifs is 1. The number of aryl methyl sites for hydroxylation is 1. The van der Waals surface area contributed by atoms with Crippen LogP contribution in [0.2, 0.25) is 0 Å². The zero-order valence-electron chi connectivity index (χ0n) is 10.8. The van der Waals surface area contributed by atoms with Crippen LogP contribution < -0.4 is 0 Å². The molecule has 4 heteroatoms. The molecule has 2 rings (SSSR count). The molecule has 0 fully saturated rings. The first-order valence-electron chi connectivity index (χ1n) is 6.42. The van der Waals surface area contributed by atoms with E-state index in [1.54, 1.807) is 0 Å². The van der Waals surface area contributed by atoms with Crippen molar-refractivity contribution in [1.29, 1.82) is 0 Å². The van der Waals surface area contributed by atoms with Crippen molar-refractivity contribution in [3.8, 4) is 0 Å². The highest BCUT2D eigenvalue weighted by Crippen LogP contribution is 2.19. The molecule has 0 bridgehead atoms. The minimum Gasteiger partial charge on any atom is -0.347 e. The van der Waals surface area contributed by atoms with E-state index in [1.807, 2.05) is 0 Å². The first-order chi connectivity index (χ1) is 8.16. The molecule has 1 aliphatic rings. The molecule has 1 heterocycles. The summed E-state index contributed by atoms with van der Waals surface area (Å²) in [5.74, 6) is 1.05. The lowest BCUT2D eigenvalue weighted by atomic mass is 10.1. The van der Waals surface area contributed by atoms with Gasteiger partial charge in [-0.15, -0.1) is 0 Å². The first kappa shape index (κ1) is 12.7. The summed E-state index contributed by atoms with van der Waals surface area (Å²) in [5, 5.41) is 0. The molecule has 1 aromatic rings. The van der Waals surface area contributed by atoms with Crippen molar-refractivity contribution >= 4 is 12.2 Å². The van der Waals surface area contributed by atoms with Gasteiger partial charge < -0.3 is 9.88 Å². The Bertz CT molecular complexity index is 437. The maximum Gasteiger partial charge on any atom is 0.133 e. The maximum atomic E-state index is 5.42. The van der Waals surface area contributed by atoms with E-state index in [0.717, 1.165) is 36.3 Å². The molecule has 0 saturated carbocycles. The summed E-state index contributed by atoms with van der Waals surface area (Å²) < 4.78 is 0.828. The average molecular weight is 251 g/mol. The molecular formula is C13H21N3S. The lowest BCUT2D eigenvalue weighted by Crippen LogP contribution is -2.17. The van der Waals surface area contributed by atoms with Gasteiger partial charge in [0, 0.05) is 24.2 Å². The summed E-state index contributed by atoms with van der Waals surface area (Å²) in [6, 6.07) is 0. The van der Waals surface area contributed by atoms with E-state index >= 15 is 0 Å². The number of nitrogens with zero attached hydrogens (tertiary/aromatic N) is 2. The van der Waals surface area contributed by atoms with Crippen LogP contribution >= 0.6 is 12.2 Å². The Morgan fingerprint density at radius 3 is 2.76 bits per heavy atom. The summed E-state index contributed by atoms with van der Waals surface area (Å²) in [4.78, 5) is 10.2. The molecule has 0 saturated heterocycles. The number of hydrogen-bond donors (Lipinski definition) is 1. The highest BCUT2D eigenvalue weighted by atomic mass is 32.1. The molecule has 0 atom stereocenters. The largest absolute Gasteiger partial charge is 0.347 e. The molecule has 0 unspecified atom stereocenters. The van der Waals surface area contributed by atoms with Crippen LogP contribution in [0.3, 0.4) is 0 Å². The van der Waals surface area contributed by atoms with Gasteiger partial charge in [-0.25, -0.2) is 4.98 Å². The van der Waals surface area contributed by atoms with Crippen LogP contribution in [0.5, 0.6) is 0 Å². The topological polar surface area (TPSA) is 31.9 Å². The lowest BCUT2D eigenvalue weighted by Gasteiger charge is -2.12. The van der Waals surface area contributed by atoms with Gasteiger partial charge in [-0.05, 0) is 39.8 Å². The van der Waals surface area contributed by atoms with E-state index in [9.17, 15) is 0 Å². The zero-order valence-corrected chi connectivity index (χ0v) is 11.6. The van der Waals surface area contributed by atoms with E-state index in [-0.39, 0.29) is 0 Å². The van der Waals surface area contributed by atoms with Crippen molar-refractivity contribution in [3.05, 3.63) is 21.7 Å². The van der Waals surface area contributed by atoms with Crippen LogP contribution in [0.25, 0.3) is 0 Å². The smallest absolute Gasteiger partial charge is 0.133 e. The molecule has 0 amide bonds. The third-order valence-corrected chi connectivity index (χ3v) is 3.64. The standard InChI is InChI=1S/C13H21N3S/c1-16(2)9-8-12-14-11-7-5-3-4-6-10(11)13(17)15-12/h3-9H2,1-2H3,(H,14,15,17). The van der Waals surface area contributed by atoms with Gasteiger partial charge in [0.05, 0.1) is 0 Å². The van der Waals surface area contributed by atoms with Crippen LogP contribution in [-0.2, 0) is 19.3 Å². The highest BCUT2D eigenvalue weighted by molar-refractivity contribution is 7.71. The minimum absolute atomic E-state index is 0.828. The predicted molar refractivity (Wildman–Crippen MR) is 72.9 cm³/mol. The second kappa shape index (κ2) is 5.74. The first-order valence-corrected chi connectivity index (χ1v) is 6.83. The quantitative estimate of drug-likeness (QED) is 0.662. The fraction of sp³-hybridized carbons (Fsp3) is 0.692. The average Bonchev–Trinajstić information content (AvgIpc) is 2.51. The molecule has 3 nitrogen and oxygen atoms in total.